The lowest BCUT2D eigenvalue weighted by Crippen LogP contribution is -2.15. The number of hydrogen-bond acceptors (Lipinski definition) is 7. The fourth-order valence-corrected chi connectivity index (χ4v) is 1.30. The maximum atomic E-state index is 8.89. The fraction of sp³-hybridized carbons (Fsp3) is 0.300. The summed E-state index contributed by atoms with van der Waals surface area (Å²) >= 11 is 0. The maximum Gasteiger partial charge on any atom is 0.261 e. The number of rotatable bonds is 4. The highest BCUT2D eigenvalue weighted by atomic mass is 16.5. The number of ether oxygens (including phenoxy) is 1. The molecule has 0 amide bonds. The van der Waals surface area contributed by atoms with Crippen LogP contribution in [-0.4, -0.2) is 33.9 Å². The molecule has 0 aliphatic heterocycles. The summed E-state index contributed by atoms with van der Waals surface area (Å²) in [6.45, 7) is -0.244. The van der Waals surface area contributed by atoms with Gasteiger partial charge in [0.2, 0.25) is 0 Å². The lowest BCUT2D eigenvalue weighted by atomic mass is 10.2. The highest BCUT2D eigenvalue weighted by molar-refractivity contribution is 5.61. The van der Waals surface area contributed by atoms with Crippen molar-refractivity contribution in [3.63, 3.8) is 0 Å². The Labute approximate surface area is 97.2 Å². The zero-order valence-corrected chi connectivity index (χ0v) is 9.20. The van der Waals surface area contributed by atoms with E-state index in [1.54, 1.807) is 18.5 Å². The van der Waals surface area contributed by atoms with Gasteiger partial charge >= 0.3 is 0 Å². The molecule has 3 N–H and O–H groups in total. The van der Waals surface area contributed by atoms with E-state index in [1.807, 2.05) is 0 Å². The van der Waals surface area contributed by atoms with Gasteiger partial charge in [0.1, 0.15) is 5.75 Å². The lowest BCUT2D eigenvalue weighted by Gasteiger charge is -2.02. The normalized spacial score (nSPS) is 12.4. The van der Waals surface area contributed by atoms with Crippen LogP contribution in [-0.2, 0) is 0 Å². The van der Waals surface area contributed by atoms with Crippen molar-refractivity contribution in [2.45, 2.75) is 6.04 Å². The van der Waals surface area contributed by atoms with Crippen LogP contribution in [0.2, 0.25) is 0 Å². The van der Waals surface area contributed by atoms with Gasteiger partial charge in [-0.3, -0.25) is 4.98 Å². The predicted molar refractivity (Wildman–Crippen MR) is 58.1 cm³/mol. The number of pyridine rings is 1. The molecule has 0 bridgehead atoms. The number of hydrogen-bond donors (Lipinski definition) is 2. The second-order valence-electron chi connectivity index (χ2n) is 3.32. The lowest BCUT2D eigenvalue weighted by molar-refractivity contribution is 0.260. The number of nitrogens with two attached hydrogens (primary N) is 1. The molecule has 1 atom stereocenters. The van der Waals surface area contributed by atoms with Crippen molar-refractivity contribution in [3.8, 4) is 17.2 Å². The molecule has 0 saturated heterocycles. The van der Waals surface area contributed by atoms with Gasteiger partial charge in [0.25, 0.3) is 5.89 Å². The van der Waals surface area contributed by atoms with Crippen molar-refractivity contribution in [1.29, 1.82) is 0 Å². The summed E-state index contributed by atoms with van der Waals surface area (Å²) in [6, 6.07) is 1.04. The van der Waals surface area contributed by atoms with Crippen LogP contribution in [0.15, 0.2) is 23.0 Å². The van der Waals surface area contributed by atoms with Crippen molar-refractivity contribution in [2.24, 2.45) is 5.73 Å². The molecule has 0 aromatic carbocycles. The summed E-state index contributed by atoms with van der Waals surface area (Å²) in [6.07, 6.45) is 3.14. The summed E-state index contributed by atoms with van der Waals surface area (Å²) in [5.41, 5.74) is 6.21. The molecule has 2 heterocycles. The molecule has 2 aromatic heterocycles. The highest BCUT2D eigenvalue weighted by Crippen LogP contribution is 2.27. The molecule has 7 heteroatoms. The first kappa shape index (κ1) is 11.5. The summed E-state index contributed by atoms with van der Waals surface area (Å²) in [5, 5.41) is 12.6. The van der Waals surface area contributed by atoms with Crippen LogP contribution in [0.5, 0.6) is 5.75 Å². The Morgan fingerprint density at radius 2 is 2.41 bits per heavy atom. The van der Waals surface area contributed by atoms with Gasteiger partial charge in [-0.05, 0) is 6.07 Å². The summed E-state index contributed by atoms with van der Waals surface area (Å²) in [5.74, 6) is 1.06. The van der Waals surface area contributed by atoms with E-state index in [2.05, 4.69) is 15.1 Å². The van der Waals surface area contributed by atoms with E-state index < -0.39 is 6.04 Å². The zero-order valence-electron chi connectivity index (χ0n) is 9.20. The first-order chi connectivity index (χ1) is 8.26. The molecule has 1 unspecified atom stereocenters. The Bertz CT molecular complexity index is 500. The van der Waals surface area contributed by atoms with Crippen LogP contribution in [0.4, 0.5) is 0 Å². The molecule has 0 spiro atoms. The number of aliphatic hydroxyl groups is 1. The second-order valence-corrected chi connectivity index (χ2v) is 3.32. The van der Waals surface area contributed by atoms with Gasteiger partial charge in [0.15, 0.2) is 5.82 Å². The first-order valence-corrected chi connectivity index (χ1v) is 4.94. The molecule has 0 fully saturated rings. The Morgan fingerprint density at radius 1 is 1.59 bits per heavy atom. The summed E-state index contributed by atoms with van der Waals surface area (Å²) < 4.78 is 10.2. The fourth-order valence-electron chi connectivity index (χ4n) is 1.30. The molecular weight excluding hydrogens is 224 g/mol. The van der Waals surface area contributed by atoms with E-state index in [-0.39, 0.29) is 18.3 Å². The second kappa shape index (κ2) is 4.89. The third-order valence-corrected chi connectivity index (χ3v) is 2.20. The van der Waals surface area contributed by atoms with Crippen molar-refractivity contribution < 1.29 is 14.4 Å². The smallest absolute Gasteiger partial charge is 0.261 e. The number of aliphatic hydroxyl groups excluding tert-OH is 1. The molecule has 0 saturated carbocycles. The minimum atomic E-state index is -0.652. The summed E-state index contributed by atoms with van der Waals surface area (Å²) in [4.78, 5) is 8.01. The molecule has 2 rings (SSSR count). The minimum absolute atomic E-state index is 0.244. The van der Waals surface area contributed by atoms with Crippen molar-refractivity contribution in [3.05, 3.63) is 24.3 Å². The van der Waals surface area contributed by atoms with Crippen LogP contribution in [0, 0.1) is 0 Å². The van der Waals surface area contributed by atoms with Crippen LogP contribution >= 0.6 is 0 Å². The van der Waals surface area contributed by atoms with Gasteiger partial charge in [-0.15, -0.1) is 0 Å². The van der Waals surface area contributed by atoms with Crippen LogP contribution in [0.3, 0.4) is 0 Å². The van der Waals surface area contributed by atoms with Crippen molar-refractivity contribution in [2.75, 3.05) is 13.7 Å². The monoisotopic (exact) mass is 236 g/mol. The van der Waals surface area contributed by atoms with Crippen LogP contribution in [0.1, 0.15) is 11.9 Å². The van der Waals surface area contributed by atoms with Crippen molar-refractivity contribution in [1.82, 2.24) is 15.1 Å². The van der Waals surface area contributed by atoms with Gasteiger partial charge in [-0.1, -0.05) is 5.16 Å². The SMILES string of the molecule is COc1cnccc1-c1nc(C(N)CO)no1. The third-order valence-electron chi connectivity index (χ3n) is 2.20. The largest absolute Gasteiger partial charge is 0.494 e. The molecule has 0 radical (unpaired) electrons. The topological polar surface area (TPSA) is 107 Å². The quantitative estimate of drug-likeness (QED) is 0.776. The molecule has 0 aliphatic carbocycles. The Hall–Kier alpha value is -1.99. The minimum Gasteiger partial charge on any atom is -0.494 e. The van der Waals surface area contributed by atoms with Crippen molar-refractivity contribution >= 4 is 0 Å². The maximum absolute atomic E-state index is 8.89. The Morgan fingerprint density at radius 3 is 3.12 bits per heavy atom. The Balaban J connectivity index is 2.37. The molecule has 17 heavy (non-hydrogen) atoms. The van der Waals surface area contributed by atoms with Gasteiger partial charge in [-0.25, -0.2) is 0 Å². The third kappa shape index (κ3) is 2.24. The van der Waals surface area contributed by atoms with Crippen LogP contribution in [0.25, 0.3) is 11.5 Å². The molecule has 0 aliphatic rings. The van der Waals surface area contributed by atoms with E-state index in [1.165, 1.54) is 7.11 Å². The van der Waals surface area contributed by atoms with E-state index in [0.717, 1.165) is 0 Å². The molecular formula is C10H12N4O3. The molecule has 2 aromatic rings. The highest BCUT2D eigenvalue weighted by Gasteiger charge is 2.16. The van der Waals surface area contributed by atoms with Gasteiger partial charge in [-0.2, -0.15) is 4.98 Å². The van der Waals surface area contributed by atoms with E-state index in [4.69, 9.17) is 20.1 Å². The van der Waals surface area contributed by atoms with E-state index >= 15 is 0 Å². The first-order valence-electron chi connectivity index (χ1n) is 4.94. The van der Waals surface area contributed by atoms with Gasteiger partial charge in [0, 0.05) is 6.20 Å². The average molecular weight is 236 g/mol. The Kier molecular flexibility index (Phi) is 3.31. The molecule has 90 valence electrons. The van der Waals surface area contributed by atoms with Gasteiger partial charge in [0.05, 0.1) is 31.5 Å². The number of methoxy groups -OCH3 is 1. The zero-order chi connectivity index (χ0) is 12.3. The van der Waals surface area contributed by atoms with E-state index in [0.29, 0.717) is 11.3 Å². The standard InChI is InChI=1S/C10H12N4O3/c1-16-8-4-12-3-2-6(8)10-13-9(14-17-10)7(11)5-15/h2-4,7,15H,5,11H2,1H3. The number of aromatic nitrogens is 3. The molecule has 7 nitrogen and oxygen atoms in total. The average Bonchev–Trinajstić information content (AvgIpc) is 2.87. The number of nitrogens with zero attached hydrogens (tertiary/aromatic N) is 3. The predicted octanol–water partition coefficient (Wildman–Crippen LogP) is 0.132. The van der Waals surface area contributed by atoms with E-state index in [9.17, 15) is 0 Å². The van der Waals surface area contributed by atoms with Gasteiger partial charge < -0.3 is 20.1 Å². The van der Waals surface area contributed by atoms with Crippen LogP contribution < -0.4 is 10.5 Å². The summed E-state index contributed by atoms with van der Waals surface area (Å²) in [7, 11) is 1.53.